The Hall–Kier alpha value is -5.96. The quantitative estimate of drug-likeness (QED) is 0.114. The highest BCUT2D eigenvalue weighted by Gasteiger charge is 2.30. The number of rotatable bonds is 13. The molecule has 4 rings (SSSR count). The highest BCUT2D eigenvalue weighted by molar-refractivity contribution is 6.32. The largest absolute Gasteiger partial charge is 0.493 e. The molecule has 290 valence electrons. The smallest absolute Gasteiger partial charge is 0.416 e. The number of ether oxygens (including phenoxy) is 3. The Morgan fingerprint density at radius 1 is 0.873 bits per heavy atom. The normalized spacial score (nSPS) is 11.0. The van der Waals surface area contributed by atoms with Crippen molar-refractivity contribution in [1.29, 1.82) is 0 Å². The van der Waals surface area contributed by atoms with Gasteiger partial charge in [-0.1, -0.05) is 29.8 Å². The van der Waals surface area contributed by atoms with Gasteiger partial charge in [0.1, 0.15) is 0 Å². The minimum Gasteiger partial charge on any atom is -0.493 e. The fraction of sp³-hybridized carbons (Fsp3) is 0.282. The summed E-state index contributed by atoms with van der Waals surface area (Å²) in [4.78, 5) is 70.9. The number of nitrogens with zero attached hydrogens (tertiary/aromatic N) is 3. The molecule has 0 aliphatic rings. The molecule has 0 fully saturated rings. The molecule has 0 radical (unpaired) electrons. The molecule has 0 saturated heterocycles. The van der Waals surface area contributed by atoms with Gasteiger partial charge in [0, 0.05) is 45.9 Å². The summed E-state index contributed by atoms with van der Waals surface area (Å²) in [5.74, 6) is -3.09. The van der Waals surface area contributed by atoms with Gasteiger partial charge in [-0.05, 0) is 73.9 Å². The van der Waals surface area contributed by atoms with Crippen molar-refractivity contribution in [2.24, 2.45) is 0 Å². The second-order valence-electron chi connectivity index (χ2n) is 12.6. The van der Waals surface area contributed by atoms with E-state index in [9.17, 15) is 37.1 Å². The second-order valence-corrected chi connectivity index (χ2v) is 13.0. The highest BCUT2D eigenvalue weighted by Crippen LogP contribution is 2.37. The molecule has 55 heavy (non-hydrogen) atoms. The first kappa shape index (κ1) is 41.8. The Labute approximate surface area is 320 Å². The summed E-state index contributed by atoms with van der Waals surface area (Å²) in [5, 5.41) is 2.65. The van der Waals surface area contributed by atoms with Crippen LogP contribution < -0.4 is 14.8 Å². The molecular weight excluding hydrogens is 745 g/mol. The molecule has 1 heterocycles. The van der Waals surface area contributed by atoms with E-state index in [4.69, 9.17) is 25.8 Å². The minimum absolute atomic E-state index is 0.0101. The number of pyridine rings is 1. The molecular formula is C39H38ClF3N4O8. The molecule has 0 bridgehead atoms. The van der Waals surface area contributed by atoms with Crippen molar-refractivity contribution >= 4 is 46.9 Å². The number of nitrogens with one attached hydrogen (secondary N) is 1. The third kappa shape index (κ3) is 10.8. The predicted molar refractivity (Wildman–Crippen MR) is 197 cm³/mol. The molecule has 3 amide bonds. The van der Waals surface area contributed by atoms with Crippen LogP contribution in [0, 0.1) is 6.92 Å². The van der Waals surface area contributed by atoms with Crippen LogP contribution in [0.5, 0.6) is 11.5 Å². The first-order valence-corrected chi connectivity index (χ1v) is 17.0. The number of aryl methyl sites for hydroxylation is 2. The van der Waals surface area contributed by atoms with Gasteiger partial charge in [0.2, 0.25) is 0 Å². The van der Waals surface area contributed by atoms with E-state index in [1.807, 2.05) is 0 Å². The van der Waals surface area contributed by atoms with Crippen LogP contribution in [0.3, 0.4) is 0 Å². The van der Waals surface area contributed by atoms with E-state index in [0.717, 1.165) is 12.1 Å². The lowest BCUT2D eigenvalue weighted by Gasteiger charge is -2.17. The van der Waals surface area contributed by atoms with E-state index in [2.05, 4.69) is 10.3 Å². The maximum atomic E-state index is 13.6. The first-order chi connectivity index (χ1) is 25.9. The van der Waals surface area contributed by atoms with E-state index in [1.54, 1.807) is 45.3 Å². The molecule has 1 aromatic heterocycles. The zero-order chi connectivity index (χ0) is 40.6. The zero-order valence-electron chi connectivity index (χ0n) is 30.8. The van der Waals surface area contributed by atoms with Gasteiger partial charge < -0.3 is 29.3 Å². The van der Waals surface area contributed by atoms with Crippen LogP contribution in [0.15, 0.2) is 66.7 Å². The van der Waals surface area contributed by atoms with E-state index in [1.165, 1.54) is 61.3 Å². The minimum atomic E-state index is -4.53. The summed E-state index contributed by atoms with van der Waals surface area (Å²) < 4.78 is 55.3. The number of anilines is 1. The van der Waals surface area contributed by atoms with E-state index >= 15 is 0 Å². The molecule has 12 nitrogen and oxygen atoms in total. The molecule has 3 aromatic carbocycles. The number of methoxy groups -OCH3 is 1. The zero-order valence-corrected chi connectivity index (χ0v) is 31.6. The molecule has 4 aromatic rings. The summed E-state index contributed by atoms with van der Waals surface area (Å²) in [5.41, 5.74) is 1.24. The van der Waals surface area contributed by atoms with Gasteiger partial charge in [-0.2, -0.15) is 13.2 Å². The number of carbonyl (C=O) groups is 5. The standard InChI is InChI=1S/C39H38ClF3N4O8/c1-22-10-16-27(34(44-22)24-12-14-26(15-13-24)39(41,42)43)36(50)45-30-17-11-23(18-28(30)37(51)47(4)5)8-7-9-33(49)55-35-29(40)19-25(20-31(35)53-6)38(52)54-21-32(48)46(2)3/h10-20H,7-9,21H2,1-6H3,(H,45,50). The van der Waals surface area contributed by atoms with Gasteiger partial charge in [-0.25, -0.2) is 4.79 Å². The maximum absolute atomic E-state index is 13.6. The lowest BCUT2D eigenvalue weighted by atomic mass is 10.0. The van der Waals surface area contributed by atoms with Crippen molar-refractivity contribution in [3.05, 3.63) is 105 Å². The second kappa shape index (κ2) is 17.9. The number of likely N-dealkylation sites (N-methyl/N-ethyl adjacent to an activating group) is 1. The van der Waals surface area contributed by atoms with Crippen molar-refractivity contribution in [1.82, 2.24) is 14.8 Å². The van der Waals surface area contributed by atoms with Gasteiger partial charge >= 0.3 is 18.1 Å². The van der Waals surface area contributed by atoms with Crippen molar-refractivity contribution < 1.29 is 51.4 Å². The lowest BCUT2D eigenvalue weighted by Crippen LogP contribution is -2.27. The van der Waals surface area contributed by atoms with Gasteiger partial charge in [0.15, 0.2) is 18.1 Å². The van der Waals surface area contributed by atoms with E-state index in [0.29, 0.717) is 23.2 Å². The van der Waals surface area contributed by atoms with E-state index < -0.39 is 48.0 Å². The van der Waals surface area contributed by atoms with Gasteiger partial charge in [-0.15, -0.1) is 0 Å². The Kier molecular flexibility index (Phi) is 13.6. The van der Waals surface area contributed by atoms with Crippen LogP contribution in [0.25, 0.3) is 11.3 Å². The van der Waals surface area contributed by atoms with Crippen LogP contribution in [0.2, 0.25) is 5.02 Å². The van der Waals surface area contributed by atoms with Gasteiger partial charge in [-0.3, -0.25) is 24.2 Å². The lowest BCUT2D eigenvalue weighted by molar-refractivity contribution is -0.137. The van der Waals surface area contributed by atoms with Crippen molar-refractivity contribution in [3.63, 3.8) is 0 Å². The number of hydrogen-bond donors (Lipinski definition) is 1. The Bertz CT molecular complexity index is 2100. The van der Waals surface area contributed by atoms with Crippen LogP contribution >= 0.6 is 11.6 Å². The van der Waals surface area contributed by atoms with Gasteiger partial charge in [0.25, 0.3) is 17.7 Å². The summed E-state index contributed by atoms with van der Waals surface area (Å²) in [6.07, 6.45) is -3.98. The maximum Gasteiger partial charge on any atom is 0.416 e. The van der Waals surface area contributed by atoms with Crippen molar-refractivity contribution in [3.8, 4) is 22.8 Å². The number of aromatic nitrogens is 1. The van der Waals surface area contributed by atoms with Crippen molar-refractivity contribution in [2.75, 3.05) is 47.2 Å². The fourth-order valence-electron chi connectivity index (χ4n) is 5.12. The predicted octanol–water partition coefficient (Wildman–Crippen LogP) is 6.87. The SMILES string of the molecule is COc1cc(C(=O)OCC(=O)N(C)C)cc(Cl)c1OC(=O)CCCc1ccc(NC(=O)c2ccc(C)nc2-c2ccc(C(F)(F)F)cc2)c(C(=O)N(C)C)c1. The number of benzene rings is 3. The molecule has 0 aliphatic carbocycles. The molecule has 0 saturated carbocycles. The summed E-state index contributed by atoms with van der Waals surface area (Å²) in [6.45, 7) is 1.20. The average molecular weight is 783 g/mol. The summed E-state index contributed by atoms with van der Waals surface area (Å²) in [6, 6.07) is 14.7. The number of carbonyl (C=O) groups excluding carboxylic acids is 5. The van der Waals surface area contributed by atoms with Gasteiger partial charge in [0.05, 0.1) is 45.8 Å². The fourth-order valence-corrected chi connectivity index (χ4v) is 5.37. The molecule has 0 aliphatic heterocycles. The topological polar surface area (TPSA) is 144 Å². The Morgan fingerprint density at radius 3 is 2.18 bits per heavy atom. The first-order valence-electron chi connectivity index (χ1n) is 16.7. The molecule has 0 atom stereocenters. The number of halogens is 4. The van der Waals surface area contributed by atoms with Crippen molar-refractivity contribution in [2.45, 2.75) is 32.4 Å². The molecule has 0 unspecified atom stereocenters. The van der Waals surface area contributed by atoms with Crippen LogP contribution in [-0.4, -0.2) is 86.4 Å². The summed E-state index contributed by atoms with van der Waals surface area (Å²) in [7, 11) is 7.42. The van der Waals surface area contributed by atoms with Crippen LogP contribution in [-0.2, 0) is 26.9 Å². The number of esters is 2. The highest BCUT2D eigenvalue weighted by atomic mass is 35.5. The number of alkyl halides is 3. The average Bonchev–Trinajstić information content (AvgIpc) is 3.14. The number of amides is 3. The molecule has 1 N–H and O–H groups in total. The number of hydrogen-bond acceptors (Lipinski definition) is 9. The molecule has 16 heteroatoms. The van der Waals surface area contributed by atoms with Crippen LogP contribution in [0.4, 0.5) is 18.9 Å². The Balaban J connectivity index is 1.46. The monoisotopic (exact) mass is 782 g/mol. The Morgan fingerprint density at radius 2 is 1.56 bits per heavy atom. The van der Waals surface area contributed by atoms with E-state index in [-0.39, 0.29) is 57.4 Å². The third-order valence-corrected chi connectivity index (χ3v) is 8.37. The van der Waals surface area contributed by atoms with Crippen LogP contribution in [0.1, 0.15) is 60.7 Å². The summed E-state index contributed by atoms with van der Waals surface area (Å²) >= 11 is 6.33. The molecule has 0 spiro atoms. The third-order valence-electron chi connectivity index (χ3n) is 8.09.